The van der Waals surface area contributed by atoms with Gasteiger partial charge in [-0.1, -0.05) is 12.1 Å². The van der Waals surface area contributed by atoms with Crippen molar-refractivity contribution in [3.05, 3.63) is 36.2 Å². The number of carboxylic acids is 1. The normalized spacial score (nSPS) is 13.6. The van der Waals surface area contributed by atoms with Crippen LogP contribution in [0.1, 0.15) is 5.56 Å². The first kappa shape index (κ1) is 11.2. The molecule has 0 amide bonds. The molecule has 4 nitrogen and oxygen atoms in total. The van der Waals surface area contributed by atoms with E-state index >= 15 is 0 Å². The molecule has 1 rings (SSSR count). The lowest BCUT2D eigenvalue weighted by molar-refractivity contribution is -0.137. The summed E-state index contributed by atoms with van der Waals surface area (Å²) in [6.07, 6.45) is 0.132. The Labute approximate surface area is 85.5 Å². The second-order valence-corrected chi connectivity index (χ2v) is 2.93. The Morgan fingerprint density at radius 2 is 2.20 bits per heavy atom. The van der Waals surface area contributed by atoms with Gasteiger partial charge in [0, 0.05) is 5.57 Å². The zero-order valence-corrected chi connectivity index (χ0v) is 7.72. The SMILES string of the molecule is N[C@H](C(=O)O)/C(=C\F)c1cccc(O)c1. The van der Waals surface area contributed by atoms with Crippen LogP contribution < -0.4 is 5.73 Å². The molecule has 0 aliphatic carbocycles. The van der Waals surface area contributed by atoms with Crippen molar-refractivity contribution in [1.29, 1.82) is 0 Å². The van der Waals surface area contributed by atoms with Gasteiger partial charge in [-0.15, -0.1) is 0 Å². The first-order valence-corrected chi connectivity index (χ1v) is 4.14. The van der Waals surface area contributed by atoms with Crippen LogP contribution in [0.3, 0.4) is 0 Å². The number of phenolic OH excluding ortho intramolecular Hbond substituents is 1. The van der Waals surface area contributed by atoms with Crippen LogP contribution in [-0.2, 0) is 4.79 Å². The second kappa shape index (κ2) is 4.56. The van der Waals surface area contributed by atoms with Crippen molar-refractivity contribution in [2.45, 2.75) is 6.04 Å². The Kier molecular flexibility index (Phi) is 3.41. The number of aliphatic carboxylic acids is 1. The standard InChI is InChI=1S/C10H10FNO3/c11-5-8(9(12)10(14)15)6-2-1-3-7(13)4-6/h1-5,9,13H,12H2,(H,14,15)/b8-5-/t9-/m0/s1. The molecule has 15 heavy (non-hydrogen) atoms. The van der Waals surface area contributed by atoms with E-state index in [2.05, 4.69) is 0 Å². The summed E-state index contributed by atoms with van der Waals surface area (Å²) in [4.78, 5) is 10.6. The first-order chi connectivity index (χ1) is 7.06. The first-order valence-electron chi connectivity index (χ1n) is 4.14. The van der Waals surface area contributed by atoms with Crippen LogP contribution in [-0.4, -0.2) is 22.2 Å². The van der Waals surface area contributed by atoms with Gasteiger partial charge in [0.1, 0.15) is 11.8 Å². The highest BCUT2D eigenvalue weighted by molar-refractivity contribution is 5.90. The summed E-state index contributed by atoms with van der Waals surface area (Å²) >= 11 is 0. The fraction of sp³-hybridized carbons (Fsp3) is 0.100. The van der Waals surface area contributed by atoms with Gasteiger partial charge in [0.15, 0.2) is 0 Å². The number of benzene rings is 1. The second-order valence-electron chi connectivity index (χ2n) is 2.93. The van der Waals surface area contributed by atoms with E-state index in [0.29, 0.717) is 0 Å². The molecule has 80 valence electrons. The van der Waals surface area contributed by atoms with Gasteiger partial charge in [-0.25, -0.2) is 4.39 Å². The van der Waals surface area contributed by atoms with Crippen molar-refractivity contribution in [2.24, 2.45) is 5.73 Å². The summed E-state index contributed by atoms with van der Waals surface area (Å²) in [5.74, 6) is -1.41. The van der Waals surface area contributed by atoms with Crippen LogP contribution in [0.15, 0.2) is 30.6 Å². The maximum Gasteiger partial charge on any atom is 0.325 e. The van der Waals surface area contributed by atoms with E-state index < -0.39 is 12.0 Å². The average Bonchev–Trinajstić information content (AvgIpc) is 2.18. The summed E-state index contributed by atoms with van der Waals surface area (Å²) in [6, 6.07) is 4.13. The summed E-state index contributed by atoms with van der Waals surface area (Å²) < 4.78 is 12.5. The average molecular weight is 211 g/mol. The van der Waals surface area contributed by atoms with Crippen molar-refractivity contribution in [1.82, 2.24) is 0 Å². The summed E-state index contributed by atoms with van der Waals surface area (Å²) in [6.45, 7) is 0. The van der Waals surface area contributed by atoms with Crippen LogP contribution in [0.4, 0.5) is 4.39 Å². The number of aromatic hydroxyl groups is 1. The highest BCUT2D eigenvalue weighted by Gasteiger charge is 2.19. The molecule has 4 N–H and O–H groups in total. The fourth-order valence-corrected chi connectivity index (χ4v) is 1.13. The molecule has 1 aromatic carbocycles. The Hall–Kier alpha value is -1.88. The van der Waals surface area contributed by atoms with E-state index in [9.17, 15) is 9.18 Å². The molecule has 0 radical (unpaired) electrons. The lowest BCUT2D eigenvalue weighted by atomic mass is 10.0. The summed E-state index contributed by atoms with van der Waals surface area (Å²) in [7, 11) is 0. The molecular weight excluding hydrogens is 201 g/mol. The van der Waals surface area contributed by atoms with E-state index in [-0.39, 0.29) is 23.2 Å². The molecule has 0 saturated carbocycles. The lowest BCUT2D eigenvalue weighted by Crippen LogP contribution is -2.31. The van der Waals surface area contributed by atoms with E-state index in [1.807, 2.05) is 0 Å². The van der Waals surface area contributed by atoms with Crippen molar-refractivity contribution < 1.29 is 19.4 Å². The lowest BCUT2D eigenvalue weighted by Gasteiger charge is -2.10. The molecule has 1 atom stereocenters. The Bertz CT molecular complexity index is 403. The number of hydrogen-bond donors (Lipinski definition) is 3. The van der Waals surface area contributed by atoms with Crippen LogP contribution in [0.2, 0.25) is 0 Å². The predicted octanol–water partition coefficient (Wildman–Crippen LogP) is 1.11. The smallest absolute Gasteiger partial charge is 0.325 e. The van der Waals surface area contributed by atoms with Gasteiger partial charge in [0.05, 0.1) is 6.33 Å². The third-order valence-electron chi connectivity index (χ3n) is 1.90. The molecule has 0 saturated heterocycles. The largest absolute Gasteiger partial charge is 0.508 e. The number of phenols is 1. The van der Waals surface area contributed by atoms with Crippen molar-refractivity contribution in [3.63, 3.8) is 0 Å². The van der Waals surface area contributed by atoms with E-state index in [1.54, 1.807) is 0 Å². The van der Waals surface area contributed by atoms with Gasteiger partial charge >= 0.3 is 5.97 Å². The maximum absolute atomic E-state index is 12.5. The highest BCUT2D eigenvalue weighted by atomic mass is 19.1. The Balaban J connectivity index is 3.09. The quantitative estimate of drug-likeness (QED) is 0.699. The van der Waals surface area contributed by atoms with E-state index in [0.717, 1.165) is 0 Å². The molecule has 0 spiro atoms. The van der Waals surface area contributed by atoms with Gasteiger partial charge in [-0.05, 0) is 17.7 Å². The van der Waals surface area contributed by atoms with Crippen LogP contribution in [0.25, 0.3) is 5.57 Å². The molecule has 0 fully saturated rings. The van der Waals surface area contributed by atoms with Gasteiger partial charge in [-0.2, -0.15) is 0 Å². The van der Waals surface area contributed by atoms with Crippen molar-refractivity contribution >= 4 is 11.5 Å². The van der Waals surface area contributed by atoms with E-state index in [1.165, 1.54) is 24.3 Å². The molecule has 5 heteroatoms. The molecule has 0 heterocycles. The third-order valence-corrected chi connectivity index (χ3v) is 1.90. The van der Waals surface area contributed by atoms with E-state index in [4.69, 9.17) is 15.9 Å². The Morgan fingerprint density at radius 3 is 2.67 bits per heavy atom. The number of hydrogen-bond acceptors (Lipinski definition) is 3. The van der Waals surface area contributed by atoms with Crippen LogP contribution >= 0.6 is 0 Å². The minimum atomic E-state index is -1.45. The van der Waals surface area contributed by atoms with Crippen LogP contribution in [0.5, 0.6) is 5.75 Å². The Morgan fingerprint density at radius 1 is 1.53 bits per heavy atom. The molecule has 0 unspecified atom stereocenters. The van der Waals surface area contributed by atoms with Crippen molar-refractivity contribution in [2.75, 3.05) is 0 Å². The number of halogens is 1. The van der Waals surface area contributed by atoms with Gasteiger partial charge in [-0.3, -0.25) is 4.79 Å². The molecule has 1 aromatic rings. The zero-order chi connectivity index (χ0) is 11.4. The molecule has 0 aromatic heterocycles. The van der Waals surface area contributed by atoms with Crippen molar-refractivity contribution in [3.8, 4) is 5.75 Å². The zero-order valence-electron chi connectivity index (χ0n) is 7.72. The molecular formula is C10H10FNO3. The minimum Gasteiger partial charge on any atom is -0.508 e. The summed E-state index contributed by atoms with van der Waals surface area (Å²) in [5.41, 5.74) is 5.32. The number of rotatable bonds is 3. The number of carbonyl (C=O) groups is 1. The highest BCUT2D eigenvalue weighted by Crippen LogP contribution is 2.21. The maximum atomic E-state index is 12.5. The third kappa shape index (κ3) is 2.54. The van der Waals surface area contributed by atoms with Crippen LogP contribution in [0, 0.1) is 0 Å². The topological polar surface area (TPSA) is 83.6 Å². The molecule has 0 bridgehead atoms. The predicted molar refractivity (Wildman–Crippen MR) is 52.8 cm³/mol. The molecule has 0 aliphatic heterocycles. The molecule has 0 aliphatic rings. The van der Waals surface area contributed by atoms with Gasteiger partial charge in [0.2, 0.25) is 0 Å². The fourth-order valence-electron chi connectivity index (χ4n) is 1.13. The number of nitrogens with two attached hydrogens (primary N) is 1. The van der Waals surface area contributed by atoms with Gasteiger partial charge < -0.3 is 15.9 Å². The monoisotopic (exact) mass is 211 g/mol. The van der Waals surface area contributed by atoms with Gasteiger partial charge in [0.25, 0.3) is 0 Å². The minimum absolute atomic E-state index is 0.0792. The number of carboxylic acid groups (broad SMARTS) is 1. The summed E-state index contributed by atoms with van der Waals surface area (Å²) in [5, 5.41) is 17.8.